The van der Waals surface area contributed by atoms with Crippen molar-refractivity contribution in [3.8, 4) is 11.5 Å². The van der Waals surface area contributed by atoms with Crippen molar-refractivity contribution in [2.75, 3.05) is 7.11 Å². The minimum absolute atomic E-state index is 0.00914. The fourth-order valence-electron chi connectivity index (χ4n) is 4.29. The van der Waals surface area contributed by atoms with Crippen LogP contribution in [0.15, 0.2) is 54.6 Å². The molecular weight excluding hydrogens is 324 g/mol. The number of phenolic OH excluding ortho intramolecular Hbond substituents is 1. The van der Waals surface area contributed by atoms with Gasteiger partial charge in [0.1, 0.15) is 17.5 Å². The third-order valence-corrected chi connectivity index (χ3v) is 5.67. The topological polar surface area (TPSA) is 58.1 Å². The number of benzene rings is 2. The van der Waals surface area contributed by atoms with Gasteiger partial charge in [-0.3, -0.25) is 0 Å². The fraction of sp³-hybridized carbons (Fsp3) is 0.364. The predicted molar refractivity (Wildman–Crippen MR) is 103 cm³/mol. The molecule has 0 saturated heterocycles. The summed E-state index contributed by atoms with van der Waals surface area (Å²) < 4.78 is 5.29. The summed E-state index contributed by atoms with van der Waals surface area (Å²) in [4.78, 5) is 0. The normalized spacial score (nSPS) is 21.7. The number of hydrogen-bond donors (Lipinski definition) is 3. The number of quaternary nitrogens is 1. The number of aromatic hydroxyl groups is 1. The first-order valence-corrected chi connectivity index (χ1v) is 9.47. The second-order valence-corrected chi connectivity index (χ2v) is 7.40. The molecule has 1 saturated carbocycles. The van der Waals surface area contributed by atoms with Crippen molar-refractivity contribution in [1.82, 2.24) is 5.32 Å². The van der Waals surface area contributed by atoms with E-state index in [1.807, 2.05) is 30.3 Å². The molecule has 4 heteroatoms. The lowest BCUT2D eigenvalue weighted by atomic mass is 9.84. The number of rotatable bonds is 3. The number of nitrogens with two attached hydrogens (primary N) is 1. The zero-order valence-electron chi connectivity index (χ0n) is 15.2. The summed E-state index contributed by atoms with van der Waals surface area (Å²) in [5, 5.41) is 16.6. The first-order chi connectivity index (χ1) is 12.7. The van der Waals surface area contributed by atoms with Crippen LogP contribution in [0.3, 0.4) is 0 Å². The van der Waals surface area contributed by atoms with Crippen LogP contribution >= 0.6 is 0 Å². The van der Waals surface area contributed by atoms with Gasteiger partial charge in [0.15, 0.2) is 5.66 Å². The molecule has 1 aliphatic carbocycles. The van der Waals surface area contributed by atoms with E-state index in [2.05, 4.69) is 28.8 Å². The average Bonchev–Trinajstić information content (AvgIpc) is 2.68. The van der Waals surface area contributed by atoms with Crippen molar-refractivity contribution in [2.45, 2.75) is 43.8 Å². The van der Waals surface area contributed by atoms with Crippen LogP contribution in [-0.2, 0) is 0 Å². The maximum atomic E-state index is 10.4. The smallest absolute Gasteiger partial charge is 0.169 e. The zero-order chi connectivity index (χ0) is 18.0. The third kappa shape index (κ3) is 3.29. The molecule has 1 aliphatic heterocycles. The highest BCUT2D eigenvalue weighted by Crippen LogP contribution is 2.33. The highest BCUT2D eigenvalue weighted by Gasteiger charge is 2.42. The Balaban J connectivity index is 1.73. The molecule has 1 fully saturated rings. The van der Waals surface area contributed by atoms with Crippen LogP contribution < -0.4 is 15.4 Å². The number of ether oxygens (including phenoxy) is 1. The number of para-hydroxylation sites is 1. The van der Waals surface area contributed by atoms with Gasteiger partial charge in [-0.2, -0.15) is 0 Å². The molecule has 4 N–H and O–H groups in total. The molecule has 1 atom stereocenters. The summed E-state index contributed by atoms with van der Waals surface area (Å²) in [6.07, 6.45) is 8.31. The highest BCUT2D eigenvalue weighted by atomic mass is 16.5. The molecular formula is C22H27N2O2+. The summed E-state index contributed by atoms with van der Waals surface area (Å²) in [5.41, 5.74) is 3.29. The maximum absolute atomic E-state index is 10.4. The van der Waals surface area contributed by atoms with Gasteiger partial charge in [0.05, 0.1) is 12.7 Å². The van der Waals surface area contributed by atoms with E-state index in [0.29, 0.717) is 5.75 Å². The Morgan fingerprint density at radius 1 is 1.04 bits per heavy atom. The summed E-state index contributed by atoms with van der Waals surface area (Å²) in [6, 6.07) is 16.0. The molecule has 1 unspecified atom stereocenters. The molecule has 2 aromatic carbocycles. The average molecular weight is 351 g/mol. The van der Waals surface area contributed by atoms with Crippen molar-refractivity contribution in [2.24, 2.45) is 0 Å². The summed E-state index contributed by atoms with van der Waals surface area (Å²) in [6.45, 7) is 0. The fourth-order valence-corrected chi connectivity index (χ4v) is 4.29. The minimum Gasteiger partial charge on any atom is -0.507 e. The van der Waals surface area contributed by atoms with Crippen LogP contribution in [0, 0.1) is 0 Å². The third-order valence-electron chi connectivity index (χ3n) is 5.67. The van der Waals surface area contributed by atoms with E-state index in [9.17, 15) is 5.11 Å². The van der Waals surface area contributed by atoms with Crippen molar-refractivity contribution >= 4 is 5.70 Å². The van der Waals surface area contributed by atoms with E-state index < -0.39 is 0 Å². The summed E-state index contributed by atoms with van der Waals surface area (Å²) in [7, 11) is 1.69. The van der Waals surface area contributed by atoms with Crippen LogP contribution in [0.5, 0.6) is 11.5 Å². The lowest BCUT2D eigenvalue weighted by molar-refractivity contribution is -0.764. The van der Waals surface area contributed by atoms with Gasteiger partial charge >= 0.3 is 0 Å². The zero-order valence-corrected chi connectivity index (χ0v) is 15.2. The molecule has 1 heterocycles. The van der Waals surface area contributed by atoms with Crippen molar-refractivity contribution in [1.29, 1.82) is 0 Å². The second kappa shape index (κ2) is 7.04. The Bertz CT molecular complexity index is 792. The predicted octanol–water partition coefficient (Wildman–Crippen LogP) is 3.31. The summed E-state index contributed by atoms with van der Waals surface area (Å²) >= 11 is 0. The monoisotopic (exact) mass is 351 g/mol. The van der Waals surface area contributed by atoms with E-state index in [1.165, 1.54) is 19.3 Å². The molecule has 1 spiro atoms. The minimum atomic E-state index is 0.00914. The van der Waals surface area contributed by atoms with Gasteiger partial charge in [0.25, 0.3) is 0 Å². The van der Waals surface area contributed by atoms with Crippen LogP contribution in [0.4, 0.5) is 0 Å². The highest BCUT2D eigenvalue weighted by molar-refractivity contribution is 5.66. The lowest BCUT2D eigenvalue weighted by Gasteiger charge is -2.42. The molecule has 4 nitrogen and oxygen atoms in total. The molecule has 0 radical (unpaired) electrons. The van der Waals surface area contributed by atoms with E-state index in [0.717, 1.165) is 35.4 Å². The number of nitrogens with one attached hydrogen (secondary N) is 1. The first-order valence-electron chi connectivity index (χ1n) is 9.47. The van der Waals surface area contributed by atoms with E-state index in [-0.39, 0.29) is 11.7 Å². The Kier molecular flexibility index (Phi) is 4.60. The van der Waals surface area contributed by atoms with Gasteiger partial charge < -0.3 is 20.5 Å². The molecule has 0 aromatic heterocycles. The standard InChI is InChI=1S/C22H26N2O2/c1-26-17-11-9-16(10-12-17)19-15-20(18-7-3-4-8-21(18)25)24-22(23-19)13-5-2-6-14-22/h3-4,7-12,15,20,23-25H,2,5-6,13-14H2,1H3/p+1. The summed E-state index contributed by atoms with van der Waals surface area (Å²) in [5.74, 6) is 1.23. The Morgan fingerprint density at radius 3 is 2.46 bits per heavy atom. The van der Waals surface area contributed by atoms with Crippen LogP contribution in [0.1, 0.15) is 49.3 Å². The Hall–Kier alpha value is -2.46. The van der Waals surface area contributed by atoms with Crippen molar-refractivity contribution in [3.05, 3.63) is 65.7 Å². The van der Waals surface area contributed by atoms with Gasteiger partial charge in [-0.05, 0) is 54.8 Å². The number of methoxy groups -OCH3 is 1. The Morgan fingerprint density at radius 2 is 1.77 bits per heavy atom. The second-order valence-electron chi connectivity index (χ2n) is 7.40. The van der Waals surface area contributed by atoms with Gasteiger partial charge in [0.2, 0.25) is 0 Å². The van der Waals surface area contributed by atoms with Gasteiger partial charge in [-0.1, -0.05) is 18.6 Å². The lowest BCUT2D eigenvalue weighted by Crippen LogP contribution is -3.02. The van der Waals surface area contributed by atoms with Crippen molar-refractivity contribution < 1.29 is 15.2 Å². The van der Waals surface area contributed by atoms with Crippen LogP contribution in [0.2, 0.25) is 0 Å². The van der Waals surface area contributed by atoms with Gasteiger partial charge in [0, 0.05) is 24.6 Å². The molecule has 4 rings (SSSR count). The molecule has 0 amide bonds. The largest absolute Gasteiger partial charge is 0.507 e. The van der Waals surface area contributed by atoms with E-state index in [1.54, 1.807) is 13.2 Å². The molecule has 136 valence electrons. The van der Waals surface area contributed by atoms with E-state index in [4.69, 9.17) is 4.74 Å². The Labute approximate surface area is 154 Å². The SMILES string of the molecule is COc1ccc(C2=CC(c3ccccc3O)[NH2+]C3(CCCCC3)N2)cc1. The van der Waals surface area contributed by atoms with Gasteiger partial charge in [-0.15, -0.1) is 0 Å². The quantitative estimate of drug-likeness (QED) is 0.795. The van der Waals surface area contributed by atoms with Crippen LogP contribution in [-0.4, -0.2) is 17.9 Å². The number of phenols is 1. The maximum Gasteiger partial charge on any atom is 0.169 e. The first kappa shape index (κ1) is 17.0. The van der Waals surface area contributed by atoms with E-state index >= 15 is 0 Å². The van der Waals surface area contributed by atoms with Crippen LogP contribution in [0.25, 0.3) is 5.70 Å². The number of hydrogen-bond acceptors (Lipinski definition) is 3. The molecule has 26 heavy (non-hydrogen) atoms. The molecule has 2 aliphatic rings. The van der Waals surface area contributed by atoms with Gasteiger partial charge in [-0.25, -0.2) is 0 Å². The molecule has 2 aromatic rings. The molecule has 0 bridgehead atoms. The van der Waals surface area contributed by atoms with Crippen molar-refractivity contribution in [3.63, 3.8) is 0 Å².